The molecule has 0 radical (unpaired) electrons. The minimum atomic E-state index is -1.08. The van der Waals surface area contributed by atoms with Crippen LogP contribution in [0.5, 0.6) is 0 Å². The van der Waals surface area contributed by atoms with Crippen LogP contribution >= 0.6 is 0 Å². The molecule has 0 amide bonds. The van der Waals surface area contributed by atoms with Crippen molar-refractivity contribution in [3.05, 3.63) is 0 Å². The van der Waals surface area contributed by atoms with E-state index in [9.17, 15) is 10.2 Å². The third-order valence-corrected chi connectivity index (χ3v) is 2.50. The molecule has 0 aliphatic carbocycles. The van der Waals surface area contributed by atoms with Gasteiger partial charge < -0.3 is 10.2 Å². The first kappa shape index (κ1) is 9.92. The average molecular weight is 174 g/mol. The van der Waals surface area contributed by atoms with Gasteiger partial charge in [0.25, 0.3) is 0 Å². The topological polar surface area (TPSA) is 55.7 Å². The van der Waals surface area contributed by atoms with Gasteiger partial charge in [0.1, 0.15) is 6.23 Å². The normalized spacial score (nSPS) is 38.5. The van der Waals surface area contributed by atoms with E-state index in [4.69, 9.17) is 0 Å². The van der Waals surface area contributed by atoms with Gasteiger partial charge >= 0.3 is 0 Å². The molecule has 0 saturated carbocycles. The Hall–Kier alpha value is -0.160. The van der Waals surface area contributed by atoms with Crippen LogP contribution < -0.4 is 5.32 Å². The molecule has 0 spiro atoms. The van der Waals surface area contributed by atoms with Gasteiger partial charge in [0.2, 0.25) is 0 Å². The Labute approximate surface area is 73.2 Å². The van der Waals surface area contributed by atoms with E-state index in [0.29, 0.717) is 6.42 Å². The molecule has 1 rings (SSSR count). The smallest absolute Gasteiger partial charge is 0.157 e. The predicted molar refractivity (Wildman–Crippen MR) is 46.5 cm³/mol. The van der Waals surface area contributed by atoms with Crippen LogP contribution in [0.3, 0.4) is 0 Å². The Morgan fingerprint density at radius 1 is 1.67 bits per heavy atom. The Balaban J connectivity index is 2.66. The molecule has 1 aliphatic heterocycles. The highest BCUT2D eigenvalue weighted by Crippen LogP contribution is 2.22. The molecule has 12 heavy (non-hydrogen) atoms. The molecule has 4 heteroatoms. The van der Waals surface area contributed by atoms with Crippen molar-refractivity contribution < 1.29 is 10.2 Å². The zero-order chi connectivity index (χ0) is 9.19. The lowest BCUT2D eigenvalue weighted by molar-refractivity contribution is -0.201. The fourth-order valence-electron chi connectivity index (χ4n) is 1.63. The van der Waals surface area contributed by atoms with Gasteiger partial charge in [-0.3, -0.25) is 10.2 Å². The molecule has 1 aliphatic rings. The maximum absolute atomic E-state index is 10.0. The summed E-state index contributed by atoms with van der Waals surface area (Å²) in [6.07, 6.45) is 0.633. The van der Waals surface area contributed by atoms with Gasteiger partial charge in [-0.15, -0.1) is 0 Å². The number of piperazine rings is 1. The van der Waals surface area contributed by atoms with Gasteiger partial charge in [0.05, 0.1) is 0 Å². The van der Waals surface area contributed by atoms with Crippen LogP contribution in [0.15, 0.2) is 0 Å². The highest BCUT2D eigenvalue weighted by atomic mass is 16.4. The summed E-state index contributed by atoms with van der Waals surface area (Å²) in [4.78, 5) is 1.80. The Bertz CT molecular complexity index is 142. The summed E-state index contributed by atoms with van der Waals surface area (Å²) in [7, 11) is 1.83. The fraction of sp³-hybridized carbons (Fsp3) is 1.00. The molecule has 2 atom stereocenters. The predicted octanol–water partition coefficient (Wildman–Crippen LogP) is -0.672. The van der Waals surface area contributed by atoms with Crippen LogP contribution in [-0.2, 0) is 0 Å². The van der Waals surface area contributed by atoms with E-state index in [1.165, 1.54) is 0 Å². The highest BCUT2D eigenvalue weighted by molar-refractivity contribution is 4.87. The van der Waals surface area contributed by atoms with Crippen molar-refractivity contribution >= 4 is 0 Å². The lowest BCUT2D eigenvalue weighted by Gasteiger charge is -2.44. The van der Waals surface area contributed by atoms with Crippen molar-refractivity contribution in [1.29, 1.82) is 0 Å². The minimum absolute atomic E-state index is 0.595. The minimum Gasteiger partial charge on any atom is -0.374 e. The van der Waals surface area contributed by atoms with Crippen LogP contribution in [0, 0.1) is 0 Å². The lowest BCUT2D eigenvalue weighted by Crippen LogP contribution is -2.66. The van der Waals surface area contributed by atoms with E-state index in [-0.39, 0.29) is 0 Å². The summed E-state index contributed by atoms with van der Waals surface area (Å²) in [5.41, 5.74) is -1.08. The number of nitrogens with zero attached hydrogens (tertiary/aromatic N) is 1. The van der Waals surface area contributed by atoms with E-state index in [2.05, 4.69) is 5.32 Å². The van der Waals surface area contributed by atoms with Crippen molar-refractivity contribution in [2.45, 2.75) is 31.7 Å². The van der Waals surface area contributed by atoms with E-state index in [1.54, 1.807) is 4.90 Å². The molecular weight excluding hydrogens is 156 g/mol. The summed E-state index contributed by atoms with van der Waals surface area (Å²) < 4.78 is 0. The number of nitrogens with one attached hydrogen (secondary N) is 1. The lowest BCUT2D eigenvalue weighted by atomic mass is 10.0. The highest BCUT2D eigenvalue weighted by Gasteiger charge is 2.41. The SMILES string of the molecule is CCCC1(O)C(O)NCCN1C. The van der Waals surface area contributed by atoms with E-state index >= 15 is 0 Å². The van der Waals surface area contributed by atoms with E-state index in [1.807, 2.05) is 14.0 Å². The zero-order valence-corrected chi connectivity index (χ0v) is 7.75. The third kappa shape index (κ3) is 1.61. The van der Waals surface area contributed by atoms with Crippen molar-refractivity contribution in [3.8, 4) is 0 Å². The average Bonchev–Trinajstić information content (AvgIpc) is 2.02. The summed E-state index contributed by atoms with van der Waals surface area (Å²) >= 11 is 0. The van der Waals surface area contributed by atoms with Crippen LogP contribution in [0.1, 0.15) is 19.8 Å². The Morgan fingerprint density at radius 2 is 2.33 bits per heavy atom. The molecule has 0 aromatic heterocycles. The second-order valence-corrected chi connectivity index (χ2v) is 3.41. The largest absolute Gasteiger partial charge is 0.374 e. The molecular formula is C8H18N2O2. The van der Waals surface area contributed by atoms with Gasteiger partial charge in [-0.25, -0.2) is 0 Å². The quantitative estimate of drug-likeness (QED) is 0.519. The molecule has 1 saturated heterocycles. The van der Waals surface area contributed by atoms with Crippen molar-refractivity contribution in [2.75, 3.05) is 20.1 Å². The van der Waals surface area contributed by atoms with Crippen molar-refractivity contribution in [2.24, 2.45) is 0 Å². The molecule has 72 valence electrons. The Morgan fingerprint density at radius 3 is 2.83 bits per heavy atom. The van der Waals surface area contributed by atoms with Gasteiger partial charge in [0, 0.05) is 13.1 Å². The van der Waals surface area contributed by atoms with E-state index in [0.717, 1.165) is 19.5 Å². The van der Waals surface area contributed by atoms with Gasteiger partial charge in [-0.05, 0) is 13.5 Å². The maximum atomic E-state index is 10.0. The molecule has 0 bridgehead atoms. The standard InChI is InChI=1S/C8H18N2O2/c1-3-4-8(12)7(11)9-5-6-10(8)2/h7,9,11-12H,3-6H2,1-2H3. The number of hydrogen-bond acceptors (Lipinski definition) is 4. The number of aliphatic hydroxyl groups is 2. The molecule has 2 unspecified atom stereocenters. The number of rotatable bonds is 2. The number of aliphatic hydroxyl groups excluding tert-OH is 1. The third-order valence-electron chi connectivity index (χ3n) is 2.50. The maximum Gasteiger partial charge on any atom is 0.157 e. The first-order valence-electron chi connectivity index (χ1n) is 4.46. The Kier molecular flexibility index (Phi) is 3.06. The summed E-state index contributed by atoms with van der Waals surface area (Å²) in [6.45, 7) is 3.49. The number of likely N-dealkylation sites (N-methyl/N-ethyl adjacent to an activating group) is 1. The van der Waals surface area contributed by atoms with Crippen LogP contribution in [0.4, 0.5) is 0 Å². The molecule has 1 heterocycles. The second-order valence-electron chi connectivity index (χ2n) is 3.41. The van der Waals surface area contributed by atoms with Crippen LogP contribution in [-0.4, -0.2) is 47.2 Å². The van der Waals surface area contributed by atoms with Gasteiger partial charge in [0.15, 0.2) is 5.72 Å². The first-order valence-corrected chi connectivity index (χ1v) is 4.46. The second kappa shape index (κ2) is 3.70. The fourth-order valence-corrected chi connectivity index (χ4v) is 1.63. The van der Waals surface area contributed by atoms with Crippen LogP contribution in [0.25, 0.3) is 0 Å². The molecule has 4 nitrogen and oxygen atoms in total. The van der Waals surface area contributed by atoms with Gasteiger partial charge in [-0.2, -0.15) is 0 Å². The summed E-state index contributed by atoms with van der Waals surface area (Å²) in [6, 6.07) is 0. The van der Waals surface area contributed by atoms with Crippen molar-refractivity contribution in [3.63, 3.8) is 0 Å². The number of hydrogen-bond donors (Lipinski definition) is 3. The van der Waals surface area contributed by atoms with Crippen molar-refractivity contribution in [1.82, 2.24) is 10.2 Å². The molecule has 0 aromatic rings. The van der Waals surface area contributed by atoms with Crippen LogP contribution in [0.2, 0.25) is 0 Å². The first-order chi connectivity index (χ1) is 5.61. The van der Waals surface area contributed by atoms with E-state index < -0.39 is 12.0 Å². The zero-order valence-electron chi connectivity index (χ0n) is 7.75. The summed E-state index contributed by atoms with van der Waals surface area (Å²) in [5.74, 6) is 0. The molecule has 0 aromatic carbocycles. The molecule has 3 N–H and O–H groups in total. The van der Waals surface area contributed by atoms with Gasteiger partial charge in [-0.1, -0.05) is 13.3 Å². The molecule has 1 fully saturated rings. The summed E-state index contributed by atoms with van der Waals surface area (Å²) in [5, 5.41) is 22.4. The monoisotopic (exact) mass is 174 g/mol.